The SMILES string of the molecule is COc1cc2nc(N3CC4CNCC4(CO)C3)nc(N)c2cc1OC. The van der Waals surface area contributed by atoms with Gasteiger partial charge in [0.05, 0.1) is 26.3 Å². The third kappa shape index (κ3) is 2.44. The first-order valence-corrected chi connectivity index (χ1v) is 8.36. The molecule has 2 saturated heterocycles. The number of hydrogen-bond donors (Lipinski definition) is 3. The molecule has 2 aliphatic rings. The Balaban J connectivity index is 1.74. The Labute approximate surface area is 145 Å². The van der Waals surface area contributed by atoms with Crippen LogP contribution in [0.4, 0.5) is 11.8 Å². The fourth-order valence-electron chi connectivity index (χ4n) is 4.01. The number of nitrogen functional groups attached to an aromatic ring is 1. The van der Waals surface area contributed by atoms with Crippen LogP contribution in [0.15, 0.2) is 12.1 Å². The molecule has 0 amide bonds. The molecule has 2 aromatic rings. The fraction of sp³-hybridized carbons (Fsp3) is 0.529. The quantitative estimate of drug-likeness (QED) is 0.724. The molecule has 0 saturated carbocycles. The third-order valence-electron chi connectivity index (χ3n) is 5.50. The van der Waals surface area contributed by atoms with Crippen molar-refractivity contribution in [3.05, 3.63) is 12.1 Å². The Morgan fingerprint density at radius 2 is 2.08 bits per heavy atom. The van der Waals surface area contributed by atoms with Gasteiger partial charge in [-0.15, -0.1) is 0 Å². The van der Waals surface area contributed by atoms with Crippen molar-refractivity contribution in [2.75, 3.05) is 57.6 Å². The highest BCUT2D eigenvalue weighted by molar-refractivity contribution is 5.91. The van der Waals surface area contributed by atoms with Crippen molar-refractivity contribution in [1.29, 1.82) is 0 Å². The van der Waals surface area contributed by atoms with Crippen molar-refractivity contribution in [3.8, 4) is 11.5 Å². The van der Waals surface area contributed by atoms with Gasteiger partial charge >= 0.3 is 0 Å². The molecule has 4 N–H and O–H groups in total. The van der Waals surface area contributed by atoms with Crippen LogP contribution in [-0.2, 0) is 0 Å². The van der Waals surface area contributed by atoms with Gasteiger partial charge in [0.1, 0.15) is 5.82 Å². The molecule has 134 valence electrons. The first-order chi connectivity index (χ1) is 12.1. The second-order valence-corrected chi connectivity index (χ2v) is 6.86. The molecule has 3 heterocycles. The van der Waals surface area contributed by atoms with Crippen LogP contribution in [0.5, 0.6) is 11.5 Å². The topological polar surface area (TPSA) is 106 Å². The van der Waals surface area contributed by atoms with Gasteiger partial charge in [0.15, 0.2) is 11.5 Å². The Morgan fingerprint density at radius 3 is 2.76 bits per heavy atom. The lowest BCUT2D eigenvalue weighted by Gasteiger charge is -2.25. The molecule has 0 bridgehead atoms. The molecule has 8 nitrogen and oxygen atoms in total. The number of methoxy groups -OCH3 is 2. The van der Waals surface area contributed by atoms with E-state index in [0.29, 0.717) is 34.7 Å². The minimum Gasteiger partial charge on any atom is -0.493 e. The first-order valence-electron chi connectivity index (χ1n) is 8.36. The van der Waals surface area contributed by atoms with Crippen LogP contribution in [0, 0.1) is 11.3 Å². The molecule has 0 spiro atoms. The largest absolute Gasteiger partial charge is 0.493 e. The van der Waals surface area contributed by atoms with Gasteiger partial charge in [-0.25, -0.2) is 4.98 Å². The van der Waals surface area contributed by atoms with Crippen LogP contribution >= 0.6 is 0 Å². The predicted molar refractivity (Wildman–Crippen MR) is 95.1 cm³/mol. The zero-order chi connectivity index (χ0) is 17.6. The molecule has 0 aliphatic carbocycles. The summed E-state index contributed by atoms with van der Waals surface area (Å²) in [6.07, 6.45) is 0. The van der Waals surface area contributed by atoms with E-state index in [1.807, 2.05) is 6.07 Å². The fourth-order valence-corrected chi connectivity index (χ4v) is 4.01. The van der Waals surface area contributed by atoms with E-state index < -0.39 is 0 Å². The van der Waals surface area contributed by atoms with E-state index in [2.05, 4.69) is 15.2 Å². The van der Waals surface area contributed by atoms with Gasteiger partial charge in [0.25, 0.3) is 0 Å². The van der Waals surface area contributed by atoms with E-state index in [4.69, 9.17) is 20.2 Å². The summed E-state index contributed by atoms with van der Waals surface area (Å²) in [7, 11) is 3.18. The maximum atomic E-state index is 9.88. The molecule has 1 aromatic heterocycles. The minimum atomic E-state index is -0.120. The minimum absolute atomic E-state index is 0.120. The van der Waals surface area contributed by atoms with E-state index >= 15 is 0 Å². The Hall–Kier alpha value is -2.32. The lowest BCUT2D eigenvalue weighted by atomic mass is 9.82. The number of fused-ring (bicyclic) bond motifs is 2. The summed E-state index contributed by atoms with van der Waals surface area (Å²) in [5.41, 5.74) is 6.78. The molecule has 1 aromatic carbocycles. The second-order valence-electron chi connectivity index (χ2n) is 6.86. The van der Waals surface area contributed by atoms with Crippen LogP contribution in [0.2, 0.25) is 0 Å². The average molecular weight is 345 g/mol. The first kappa shape index (κ1) is 16.2. The smallest absolute Gasteiger partial charge is 0.227 e. The number of nitrogens with two attached hydrogens (primary N) is 1. The molecular weight excluding hydrogens is 322 g/mol. The summed E-state index contributed by atoms with van der Waals surface area (Å²) < 4.78 is 10.7. The molecule has 4 rings (SSSR count). The molecule has 2 atom stereocenters. The van der Waals surface area contributed by atoms with E-state index in [0.717, 1.165) is 31.6 Å². The maximum absolute atomic E-state index is 9.88. The highest BCUT2D eigenvalue weighted by Crippen LogP contribution is 2.40. The second kappa shape index (κ2) is 5.89. The van der Waals surface area contributed by atoms with Gasteiger partial charge < -0.3 is 30.5 Å². The van der Waals surface area contributed by atoms with E-state index in [9.17, 15) is 5.11 Å². The van der Waals surface area contributed by atoms with Crippen molar-refractivity contribution in [2.45, 2.75) is 0 Å². The number of nitrogens with zero attached hydrogens (tertiary/aromatic N) is 3. The number of ether oxygens (including phenoxy) is 2. The molecule has 25 heavy (non-hydrogen) atoms. The van der Waals surface area contributed by atoms with E-state index in [-0.39, 0.29) is 12.0 Å². The van der Waals surface area contributed by atoms with Crippen molar-refractivity contribution >= 4 is 22.7 Å². The number of aliphatic hydroxyl groups excluding tert-OH is 1. The third-order valence-corrected chi connectivity index (χ3v) is 5.50. The van der Waals surface area contributed by atoms with Crippen molar-refractivity contribution < 1.29 is 14.6 Å². The van der Waals surface area contributed by atoms with Crippen LogP contribution in [-0.4, -0.2) is 62.1 Å². The van der Waals surface area contributed by atoms with Crippen LogP contribution < -0.4 is 25.4 Å². The average Bonchev–Trinajstić information content (AvgIpc) is 3.18. The van der Waals surface area contributed by atoms with Gasteiger partial charge in [0.2, 0.25) is 5.95 Å². The van der Waals surface area contributed by atoms with Crippen LogP contribution in [0.25, 0.3) is 10.9 Å². The summed E-state index contributed by atoms with van der Waals surface area (Å²) in [5, 5.41) is 14.0. The van der Waals surface area contributed by atoms with E-state index in [1.165, 1.54) is 0 Å². The summed E-state index contributed by atoms with van der Waals surface area (Å²) >= 11 is 0. The number of rotatable bonds is 4. The molecular formula is C17H23N5O3. The monoisotopic (exact) mass is 345 g/mol. The number of aromatic nitrogens is 2. The lowest BCUT2D eigenvalue weighted by molar-refractivity contribution is 0.135. The van der Waals surface area contributed by atoms with Crippen LogP contribution in [0.3, 0.4) is 0 Å². The number of hydrogen-bond acceptors (Lipinski definition) is 8. The summed E-state index contributed by atoms with van der Waals surface area (Å²) in [5.74, 6) is 2.60. The normalized spacial score (nSPS) is 25.4. The van der Waals surface area contributed by atoms with Crippen molar-refractivity contribution in [1.82, 2.24) is 15.3 Å². The zero-order valence-electron chi connectivity index (χ0n) is 14.5. The van der Waals surface area contributed by atoms with Crippen LogP contribution in [0.1, 0.15) is 0 Å². The zero-order valence-corrected chi connectivity index (χ0v) is 14.5. The van der Waals surface area contributed by atoms with E-state index in [1.54, 1.807) is 20.3 Å². The Kier molecular flexibility index (Phi) is 3.81. The molecule has 2 aliphatic heterocycles. The Morgan fingerprint density at radius 1 is 1.32 bits per heavy atom. The van der Waals surface area contributed by atoms with Gasteiger partial charge in [-0.2, -0.15) is 4.98 Å². The lowest BCUT2D eigenvalue weighted by Crippen LogP contribution is -2.36. The number of nitrogens with one attached hydrogen (secondary N) is 1. The van der Waals surface area contributed by atoms with Gasteiger partial charge in [0, 0.05) is 43.0 Å². The maximum Gasteiger partial charge on any atom is 0.227 e. The molecule has 8 heteroatoms. The number of anilines is 2. The highest BCUT2D eigenvalue weighted by Gasteiger charge is 2.49. The standard InChI is InChI=1S/C17H23N5O3/c1-24-13-3-11-12(4-14(13)25-2)20-16(21-15(11)18)22-6-10-5-19-7-17(10,8-22)9-23/h3-4,10,19,23H,5-9H2,1-2H3,(H2,18,20,21). The van der Waals surface area contributed by atoms with Gasteiger partial charge in [-0.3, -0.25) is 0 Å². The molecule has 2 fully saturated rings. The summed E-state index contributed by atoms with van der Waals surface area (Å²) in [6, 6.07) is 3.61. The number of aliphatic hydroxyl groups is 1. The highest BCUT2D eigenvalue weighted by atomic mass is 16.5. The Bertz CT molecular complexity index is 814. The summed E-state index contributed by atoms with van der Waals surface area (Å²) in [4.78, 5) is 11.3. The molecule has 2 unspecified atom stereocenters. The molecule has 0 radical (unpaired) electrons. The van der Waals surface area contributed by atoms with Gasteiger partial charge in [-0.05, 0) is 12.0 Å². The van der Waals surface area contributed by atoms with Crippen molar-refractivity contribution in [2.24, 2.45) is 11.3 Å². The summed E-state index contributed by atoms with van der Waals surface area (Å²) in [6.45, 7) is 3.42. The van der Waals surface area contributed by atoms with Crippen molar-refractivity contribution in [3.63, 3.8) is 0 Å². The predicted octanol–water partition coefficient (Wildman–Crippen LogP) is 0.247. The van der Waals surface area contributed by atoms with Gasteiger partial charge in [-0.1, -0.05) is 0 Å². The number of benzene rings is 1.